The second-order valence-electron chi connectivity index (χ2n) is 4.64. The van der Waals surface area contributed by atoms with E-state index in [1.807, 2.05) is 6.92 Å². The second-order valence-corrected chi connectivity index (χ2v) is 4.64. The van der Waals surface area contributed by atoms with Gasteiger partial charge in [-0.3, -0.25) is 4.79 Å². The van der Waals surface area contributed by atoms with Crippen LogP contribution in [0.3, 0.4) is 0 Å². The van der Waals surface area contributed by atoms with Crippen LogP contribution in [0.4, 0.5) is 4.79 Å². The molecular weight excluding hydrogens is 238 g/mol. The second kappa shape index (κ2) is 6.23. The Labute approximate surface area is 105 Å². The summed E-state index contributed by atoms with van der Waals surface area (Å²) in [4.78, 5) is 33.0. The van der Waals surface area contributed by atoms with E-state index >= 15 is 0 Å². The first-order chi connectivity index (χ1) is 8.40. The van der Waals surface area contributed by atoms with Crippen LogP contribution in [0, 0.1) is 5.92 Å². The molecule has 0 bridgehead atoms. The highest BCUT2D eigenvalue weighted by molar-refractivity contribution is 5.83. The molecular formula is C11H19N3O4. The molecule has 7 heteroatoms. The number of amides is 3. The number of carbonyl (C=O) groups excluding carboxylic acids is 2. The molecule has 102 valence electrons. The summed E-state index contributed by atoms with van der Waals surface area (Å²) >= 11 is 0. The number of aliphatic carboxylic acids is 1. The van der Waals surface area contributed by atoms with E-state index in [1.54, 1.807) is 0 Å². The first kappa shape index (κ1) is 14.3. The Morgan fingerprint density at radius 3 is 2.39 bits per heavy atom. The number of carboxylic acid groups (broad SMARTS) is 1. The van der Waals surface area contributed by atoms with Crippen molar-refractivity contribution in [1.29, 1.82) is 0 Å². The van der Waals surface area contributed by atoms with Crippen molar-refractivity contribution in [2.45, 2.75) is 44.7 Å². The molecule has 1 unspecified atom stereocenters. The molecule has 0 radical (unpaired) electrons. The lowest BCUT2D eigenvalue weighted by atomic mass is 10.1. The number of hydrogen-bond donors (Lipinski definition) is 4. The maximum Gasteiger partial charge on any atom is 0.326 e. The molecule has 0 aromatic heterocycles. The minimum absolute atomic E-state index is 0.00407. The summed E-state index contributed by atoms with van der Waals surface area (Å²) in [5, 5.41) is 13.9. The molecule has 1 fully saturated rings. The van der Waals surface area contributed by atoms with Crippen LogP contribution in [0.5, 0.6) is 0 Å². The molecule has 1 aliphatic rings. The number of hydrogen-bond acceptors (Lipinski definition) is 3. The van der Waals surface area contributed by atoms with E-state index in [1.165, 1.54) is 0 Å². The van der Waals surface area contributed by atoms with E-state index in [0.717, 1.165) is 12.8 Å². The Balaban J connectivity index is 2.36. The number of nitrogens with two attached hydrogens (primary N) is 1. The van der Waals surface area contributed by atoms with Crippen LogP contribution in [0.15, 0.2) is 0 Å². The van der Waals surface area contributed by atoms with Crippen molar-refractivity contribution in [2.75, 3.05) is 0 Å². The fraction of sp³-hybridized carbons (Fsp3) is 0.727. The predicted octanol–water partition coefficient (Wildman–Crippen LogP) is -0.197. The van der Waals surface area contributed by atoms with Gasteiger partial charge in [0.25, 0.3) is 0 Å². The van der Waals surface area contributed by atoms with Gasteiger partial charge in [-0.05, 0) is 32.1 Å². The van der Waals surface area contributed by atoms with Gasteiger partial charge in [-0.1, -0.05) is 0 Å². The molecule has 7 nitrogen and oxygen atoms in total. The fourth-order valence-corrected chi connectivity index (χ4v) is 1.66. The van der Waals surface area contributed by atoms with Gasteiger partial charge in [-0.15, -0.1) is 0 Å². The van der Waals surface area contributed by atoms with Gasteiger partial charge in [-0.2, -0.15) is 0 Å². The van der Waals surface area contributed by atoms with Crippen LogP contribution in [0.2, 0.25) is 0 Å². The summed E-state index contributed by atoms with van der Waals surface area (Å²) < 4.78 is 0. The van der Waals surface area contributed by atoms with Gasteiger partial charge in [0, 0.05) is 12.5 Å². The van der Waals surface area contributed by atoms with E-state index in [2.05, 4.69) is 10.6 Å². The first-order valence-corrected chi connectivity index (χ1v) is 5.98. The molecule has 5 N–H and O–H groups in total. The van der Waals surface area contributed by atoms with Crippen molar-refractivity contribution in [1.82, 2.24) is 10.6 Å². The molecule has 2 atom stereocenters. The molecule has 1 aliphatic carbocycles. The Kier molecular flexibility index (Phi) is 4.94. The maximum atomic E-state index is 11.5. The number of carbonyl (C=O) groups is 3. The number of primary amides is 1. The van der Waals surface area contributed by atoms with Gasteiger partial charge in [0.2, 0.25) is 5.91 Å². The highest BCUT2D eigenvalue weighted by Gasteiger charge is 2.29. The van der Waals surface area contributed by atoms with E-state index < -0.39 is 23.9 Å². The minimum Gasteiger partial charge on any atom is -0.480 e. The van der Waals surface area contributed by atoms with Crippen molar-refractivity contribution >= 4 is 17.9 Å². The third-order valence-corrected chi connectivity index (χ3v) is 2.97. The normalized spacial score (nSPS) is 17.6. The van der Waals surface area contributed by atoms with E-state index in [9.17, 15) is 14.4 Å². The van der Waals surface area contributed by atoms with Crippen LogP contribution in [0.1, 0.15) is 32.6 Å². The smallest absolute Gasteiger partial charge is 0.326 e. The quantitative estimate of drug-likeness (QED) is 0.504. The Hall–Kier alpha value is -1.79. The summed E-state index contributed by atoms with van der Waals surface area (Å²) in [6, 6.07) is -1.58. The van der Waals surface area contributed by atoms with Crippen LogP contribution in [0.25, 0.3) is 0 Å². The highest BCUT2D eigenvalue weighted by atomic mass is 16.4. The van der Waals surface area contributed by atoms with Crippen LogP contribution in [-0.2, 0) is 9.59 Å². The summed E-state index contributed by atoms with van der Waals surface area (Å²) in [7, 11) is 0. The average Bonchev–Trinajstić information content (AvgIpc) is 3.06. The molecule has 0 saturated heterocycles. The Bertz CT molecular complexity index is 341. The van der Waals surface area contributed by atoms with Crippen molar-refractivity contribution in [2.24, 2.45) is 11.7 Å². The van der Waals surface area contributed by atoms with Gasteiger partial charge in [0.1, 0.15) is 6.04 Å². The van der Waals surface area contributed by atoms with Gasteiger partial charge in [0.05, 0.1) is 0 Å². The number of urea groups is 1. The van der Waals surface area contributed by atoms with Gasteiger partial charge < -0.3 is 21.5 Å². The fourth-order valence-electron chi connectivity index (χ4n) is 1.66. The standard InChI is InChI=1S/C11H19N3O4/c1-6(7-2-3-7)13-11(18)14-8(10(16)17)4-5-9(12)15/h6-8H,2-5H2,1H3,(H2,12,15)(H,16,17)(H2,13,14,18)/t6?,8-/m0/s1. The largest absolute Gasteiger partial charge is 0.480 e. The zero-order chi connectivity index (χ0) is 13.7. The third kappa shape index (κ3) is 5.03. The molecule has 0 aromatic carbocycles. The topological polar surface area (TPSA) is 122 Å². The molecule has 0 aliphatic heterocycles. The Morgan fingerprint density at radius 2 is 1.94 bits per heavy atom. The maximum absolute atomic E-state index is 11.5. The zero-order valence-electron chi connectivity index (χ0n) is 10.3. The lowest BCUT2D eigenvalue weighted by Crippen LogP contribution is -2.49. The summed E-state index contributed by atoms with van der Waals surface area (Å²) in [5.74, 6) is -1.27. The van der Waals surface area contributed by atoms with E-state index in [4.69, 9.17) is 10.8 Å². The zero-order valence-corrected chi connectivity index (χ0v) is 10.3. The SMILES string of the molecule is CC(NC(=O)N[C@@H](CCC(N)=O)C(=O)O)C1CC1. The first-order valence-electron chi connectivity index (χ1n) is 5.98. The molecule has 1 rings (SSSR count). The van der Waals surface area contributed by atoms with Crippen molar-refractivity contribution in [3.8, 4) is 0 Å². The monoisotopic (exact) mass is 257 g/mol. The summed E-state index contributed by atoms with van der Waals surface area (Å²) in [5.41, 5.74) is 4.94. The third-order valence-electron chi connectivity index (χ3n) is 2.97. The lowest BCUT2D eigenvalue weighted by Gasteiger charge is -2.17. The minimum atomic E-state index is -1.18. The molecule has 0 aromatic rings. The van der Waals surface area contributed by atoms with Gasteiger partial charge >= 0.3 is 12.0 Å². The average molecular weight is 257 g/mol. The number of carboxylic acids is 1. The van der Waals surface area contributed by atoms with Crippen molar-refractivity contribution in [3.63, 3.8) is 0 Å². The number of rotatable bonds is 7. The summed E-state index contributed by atoms with van der Waals surface area (Å²) in [6.07, 6.45) is 2.10. The molecule has 1 saturated carbocycles. The van der Waals surface area contributed by atoms with Crippen molar-refractivity contribution in [3.05, 3.63) is 0 Å². The van der Waals surface area contributed by atoms with E-state index in [0.29, 0.717) is 5.92 Å². The molecule has 0 heterocycles. The van der Waals surface area contributed by atoms with Crippen LogP contribution < -0.4 is 16.4 Å². The Morgan fingerprint density at radius 1 is 1.33 bits per heavy atom. The molecule has 18 heavy (non-hydrogen) atoms. The van der Waals surface area contributed by atoms with Gasteiger partial charge in [0.15, 0.2) is 0 Å². The number of nitrogens with one attached hydrogen (secondary N) is 2. The lowest BCUT2D eigenvalue weighted by molar-refractivity contribution is -0.139. The highest BCUT2D eigenvalue weighted by Crippen LogP contribution is 2.32. The van der Waals surface area contributed by atoms with Crippen molar-refractivity contribution < 1.29 is 19.5 Å². The van der Waals surface area contributed by atoms with E-state index in [-0.39, 0.29) is 18.9 Å². The van der Waals surface area contributed by atoms with Gasteiger partial charge in [-0.25, -0.2) is 9.59 Å². The van der Waals surface area contributed by atoms with Crippen LogP contribution >= 0.6 is 0 Å². The summed E-state index contributed by atoms with van der Waals surface area (Å²) in [6.45, 7) is 1.89. The molecule has 0 spiro atoms. The van der Waals surface area contributed by atoms with Crippen LogP contribution in [-0.4, -0.2) is 35.1 Å². The predicted molar refractivity (Wildman–Crippen MR) is 63.7 cm³/mol. The molecule has 3 amide bonds.